The number of carbonyl (C=O) groups excluding carboxylic acids is 2. The zero-order valence-corrected chi connectivity index (χ0v) is 12.7. The molecule has 2 aromatic carbocycles. The van der Waals surface area contributed by atoms with E-state index >= 15 is 0 Å². The molecule has 0 aliphatic carbocycles. The van der Waals surface area contributed by atoms with Crippen molar-refractivity contribution in [3.05, 3.63) is 53.8 Å². The monoisotopic (exact) mass is 330 g/mol. The third kappa shape index (κ3) is 4.01. The van der Waals surface area contributed by atoms with Crippen molar-refractivity contribution in [3.8, 4) is 11.5 Å². The molecule has 2 N–H and O–H groups in total. The van der Waals surface area contributed by atoms with Crippen molar-refractivity contribution in [3.63, 3.8) is 0 Å². The van der Waals surface area contributed by atoms with Gasteiger partial charge in [-0.3, -0.25) is 9.59 Å². The number of carbonyl (C=O) groups is 2. The van der Waals surface area contributed by atoms with E-state index in [1.807, 2.05) is 0 Å². The number of halogens is 1. The van der Waals surface area contributed by atoms with Crippen molar-refractivity contribution >= 4 is 17.5 Å². The van der Waals surface area contributed by atoms with Crippen LogP contribution in [0.5, 0.6) is 11.5 Å². The van der Waals surface area contributed by atoms with Gasteiger partial charge in [0.1, 0.15) is 5.82 Å². The van der Waals surface area contributed by atoms with Crippen LogP contribution in [0.25, 0.3) is 0 Å². The van der Waals surface area contributed by atoms with Crippen LogP contribution < -0.4 is 20.1 Å². The molecule has 0 atom stereocenters. The molecule has 1 aliphatic heterocycles. The number of rotatable bonds is 5. The molecular weight excluding hydrogens is 315 g/mol. The van der Waals surface area contributed by atoms with E-state index in [1.54, 1.807) is 24.3 Å². The fourth-order valence-electron chi connectivity index (χ4n) is 2.25. The third-order valence-electron chi connectivity index (χ3n) is 3.36. The summed E-state index contributed by atoms with van der Waals surface area (Å²) < 4.78 is 23.5. The first-order valence-electron chi connectivity index (χ1n) is 7.31. The van der Waals surface area contributed by atoms with Crippen molar-refractivity contribution in [1.29, 1.82) is 0 Å². The van der Waals surface area contributed by atoms with E-state index in [2.05, 4.69) is 10.6 Å². The van der Waals surface area contributed by atoms with Gasteiger partial charge in [0.25, 0.3) is 0 Å². The smallest absolute Gasteiger partial charge is 0.243 e. The van der Waals surface area contributed by atoms with Crippen molar-refractivity contribution < 1.29 is 23.5 Å². The van der Waals surface area contributed by atoms with Crippen molar-refractivity contribution in [1.82, 2.24) is 5.32 Å². The molecule has 2 amide bonds. The van der Waals surface area contributed by atoms with Gasteiger partial charge in [-0.05, 0) is 29.8 Å². The second-order valence-electron chi connectivity index (χ2n) is 5.20. The number of hydrogen-bond acceptors (Lipinski definition) is 4. The molecule has 7 heteroatoms. The molecule has 2 aromatic rings. The summed E-state index contributed by atoms with van der Waals surface area (Å²) in [4.78, 5) is 23.6. The van der Waals surface area contributed by atoms with Crippen LogP contribution in [0.3, 0.4) is 0 Å². The first-order chi connectivity index (χ1) is 11.6. The van der Waals surface area contributed by atoms with Crippen LogP contribution in [0.4, 0.5) is 10.1 Å². The first-order valence-corrected chi connectivity index (χ1v) is 7.31. The fraction of sp³-hybridized carbons (Fsp3) is 0.176. The van der Waals surface area contributed by atoms with Gasteiger partial charge in [-0.2, -0.15) is 0 Å². The molecule has 0 fully saturated rings. The Balaban J connectivity index is 1.47. The summed E-state index contributed by atoms with van der Waals surface area (Å²) in [6.45, 7) is -0.0224. The average molecular weight is 330 g/mol. The average Bonchev–Trinajstić information content (AvgIpc) is 3.00. The summed E-state index contributed by atoms with van der Waals surface area (Å²) >= 11 is 0. The standard InChI is InChI=1S/C17H15FN2O4/c18-12-3-1-2-11(6-12)7-16(21)19-9-17(22)20-13-4-5-14-15(8-13)24-10-23-14/h1-6,8H,7,9-10H2,(H,19,21)(H,20,22). The van der Waals surface area contributed by atoms with Gasteiger partial charge >= 0.3 is 0 Å². The van der Waals surface area contributed by atoms with Crippen LogP contribution >= 0.6 is 0 Å². The molecule has 0 unspecified atom stereocenters. The minimum absolute atomic E-state index is 0.00899. The summed E-state index contributed by atoms with van der Waals surface area (Å²) in [6, 6.07) is 10.8. The minimum Gasteiger partial charge on any atom is -0.454 e. The quantitative estimate of drug-likeness (QED) is 0.877. The molecule has 0 bridgehead atoms. The molecule has 124 valence electrons. The van der Waals surface area contributed by atoms with Crippen LogP contribution in [-0.2, 0) is 16.0 Å². The Morgan fingerprint density at radius 2 is 1.88 bits per heavy atom. The summed E-state index contributed by atoms with van der Waals surface area (Å²) in [7, 11) is 0. The van der Waals surface area contributed by atoms with E-state index in [4.69, 9.17) is 9.47 Å². The molecule has 0 aromatic heterocycles. The Morgan fingerprint density at radius 1 is 1.04 bits per heavy atom. The van der Waals surface area contributed by atoms with Crippen LogP contribution in [0.2, 0.25) is 0 Å². The highest BCUT2D eigenvalue weighted by molar-refractivity contribution is 5.95. The lowest BCUT2D eigenvalue weighted by Crippen LogP contribution is -2.33. The van der Waals surface area contributed by atoms with E-state index in [-0.39, 0.29) is 31.6 Å². The Hall–Kier alpha value is -3.09. The number of amides is 2. The van der Waals surface area contributed by atoms with Crippen LogP contribution in [0.15, 0.2) is 42.5 Å². The topological polar surface area (TPSA) is 76.7 Å². The van der Waals surface area contributed by atoms with E-state index in [0.717, 1.165) is 0 Å². The lowest BCUT2D eigenvalue weighted by molar-refractivity contribution is -0.123. The van der Waals surface area contributed by atoms with E-state index < -0.39 is 5.82 Å². The predicted molar refractivity (Wildman–Crippen MR) is 84.3 cm³/mol. The number of fused-ring (bicyclic) bond motifs is 1. The number of hydrogen-bond donors (Lipinski definition) is 2. The molecular formula is C17H15FN2O4. The van der Waals surface area contributed by atoms with Gasteiger partial charge in [0.2, 0.25) is 18.6 Å². The molecule has 3 rings (SSSR count). The van der Waals surface area contributed by atoms with Crippen molar-refractivity contribution in [2.75, 3.05) is 18.7 Å². The van der Waals surface area contributed by atoms with Crippen LogP contribution in [0, 0.1) is 5.82 Å². The lowest BCUT2D eigenvalue weighted by Gasteiger charge is -2.08. The Bertz CT molecular complexity index is 779. The molecule has 0 spiro atoms. The van der Waals surface area contributed by atoms with Crippen molar-refractivity contribution in [2.45, 2.75) is 6.42 Å². The highest BCUT2D eigenvalue weighted by Crippen LogP contribution is 2.34. The number of ether oxygens (including phenoxy) is 2. The maximum Gasteiger partial charge on any atom is 0.243 e. The SMILES string of the molecule is O=C(Cc1cccc(F)c1)NCC(=O)Nc1ccc2c(c1)OCO2. The summed E-state index contributed by atoms with van der Waals surface area (Å²) in [5.74, 6) is 0.0445. The van der Waals surface area contributed by atoms with E-state index in [1.165, 1.54) is 18.2 Å². The minimum atomic E-state index is -0.402. The largest absolute Gasteiger partial charge is 0.454 e. The van der Waals surface area contributed by atoms with Gasteiger partial charge in [-0.25, -0.2) is 4.39 Å². The second-order valence-corrected chi connectivity index (χ2v) is 5.20. The van der Waals surface area contributed by atoms with E-state index in [0.29, 0.717) is 22.7 Å². The first kappa shape index (κ1) is 15.8. The highest BCUT2D eigenvalue weighted by atomic mass is 19.1. The number of benzene rings is 2. The van der Waals surface area contributed by atoms with Crippen LogP contribution in [0.1, 0.15) is 5.56 Å². The molecule has 0 radical (unpaired) electrons. The summed E-state index contributed by atoms with van der Waals surface area (Å²) in [5.41, 5.74) is 1.09. The highest BCUT2D eigenvalue weighted by Gasteiger charge is 2.14. The van der Waals surface area contributed by atoms with Crippen molar-refractivity contribution in [2.24, 2.45) is 0 Å². The fourth-order valence-corrected chi connectivity index (χ4v) is 2.25. The molecule has 0 saturated carbocycles. The predicted octanol–water partition coefficient (Wildman–Crippen LogP) is 1.85. The Labute approximate surface area is 137 Å². The van der Waals surface area contributed by atoms with Gasteiger partial charge in [0.15, 0.2) is 11.5 Å². The summed E-state index contributed by atoms with van der Waals surface area (Å²) in [6.07, 6.45) is 0.00899. The zero-order valence-electron chi connectivity index (χ0n) is 12.7. The number of anilines is 1. The Morgan fingerprint density at radius 3 is 2.71 bits per heavy atom. The van der Waals surface area contributed by atoms with Gasteiger partial charge in [-0.1, -0.05) is 12.1 Å². The lowest BCUT2D eigenvalue weighted by atomic mass is 10.1. The summed E-state index contributed by atoms with van der Waals surface area (Å²) in [5, 5.41) is 5.14. The number of nitrogens with one attached hydrogen (secondary N) is 2. The van der Waals surface area contributed by atoms with E-state index in [9.17, 15) is 14.0 Å². The zero-order chi connectivity index (χ0) is 16.9. The molecule has 24 heavy (non-hydrogen) atoms. The van der Waals surface area contributed by atoms with Gasteiger partial charge in [0.05, 0.1) is 13.0 Å². The molecule has 6 nitrogen and oxygen atoms in total. The normalized spacial score (nSPS) is 11.9. The Kier molecular flexibility index (Phi) is 4.60. The van der Waals surface area contributed by atoms with Crippen LogP contribution in [-0.4, -0.2) is 25.2 Å². The van der Waals surface area contributed by atoms with Gasteiger partial charge in [-0.15, -0.1) is 0 Å². The second kappa shape index (κ2) is 6.99. The maximum absolute atomic E-state index is 13.1. The van der Waals surface area contributed by atoms with Gasteiger partial charge in [0, 0.05) is 11.8 Å². The molecule has 1 aliphatic rings. The molecule has 0 saturated heterocycles. The maximum atomic E-state index is 13.1. The molecule has 1 heterocycles. The van der Waals surface area contributed by atoms with Gasteiger partial charge < -0.3 is 20.1 Å². The third-order valence-corrected chi connectivity index (χ3v) is 3.36.